The second-order valence-corrected chi connectivity index (χ2v) is 7.17. The summed E-state index contributed by atoms with van der Waals surface area (Å²) in [5, 5.41) is 10.9. The van der Waals surface area contributed by atoms with Gasteiger partial charge in [0.05, 0.1) is 5.54 Å². The number of aromatic nitrogens is 3. The van der Waals surface area contributed by atoms with Crippen LogP contribution >= 0.6 is 11.8 Å². The van der Waals surface area contributed by atoms with Gasteiger partial charge in [-0.15, -0.1) is 5.10 Å². The minimum atomic E-state index is -0.577. The van der Waals surface area contributed by atoms with Crippen LogP contribution in [0.4, 0.5) is 0 Å². The molecular formula is C13H21N5O2S. The number of carbonyl (C=O) groups is 1. The van der Waals surface area contributed by atoms with Crippen LogP contribution in [0.5, 0.6) is 0 Å². The van der Waals surface area contributed by atoms with Crippen molar-refractivity contribution in [1.29, 1.82) is 0 Å². The lowest BCUT2D eigenvalue weighted by atomic mass is 9.96. The van der Waals surface area contributed by atoms with Crippen molar-refractivity contribution in [3.05, 3.63) is 10.5 Å². The molecule has 7 nitrogen and oxygen atoms in total. The van der Waals surface area contributed by atoms with Gasteiger partial charge in [-0.05, 0) is 39.0 Å². The van der Waals surface area contributed by atoms with E-state index in [1.807, 2.05) is 6.92 Å². The lowest BCUT2D eigenvalue weighted by molar-refractivity contribution is -0.124. The van der Waals surface area contributed by atoms with Crippen LogP contribution in [0.3, 0.4) is 0 Å². The van der Waals surface area contributed by atoms with Crippen LogP contribution < -0.4 is 16.7 Å². The molecule has 0 aliphatic heterocycles. The molecule has 0 spiro atoms. The van der Waals surface area contributed by atoms with E-state index in [9.17, 15) is 9.59 Å². The van der Waals surface area contributed by atoms with Gasteiger partial charge < -0.3 is 11.1 Å². The normalized spacial score (nSPS) is 28.9. The number of thioether (sulfide) groups is 1. The maximum absolute atomic E-state index is 11.9. The Balaban J connectivity index is 1.70. The van der Waals surface area contributed by atoms with Crippen LogP contribution in [-0.4, -0.2) is 37.5 Å². The van der Waals surface area contributed by atoms with Crippen LogP contribution in [0.15, 0.2) is 9.95 Å². The highest BCUT2D eigenvalue weighted by Gasteiger charge is 2.47. The van der Waals surface area contributed by atoms with Gasteiger partial charge in [0.1, 0.15) is 0 Å². The summed E-state index contributed by atoms with van der Waals surface area (Å²) in [6.45, 7) is 2.50. The first-order valence-electron chi connectivity index (χ1n) is 7.43. The Kier molecular flexibility index (Phi) is 3.83. The summed E-state index contributed by atoms with van der Waals surface area (Å²) in [6.07, 6.45) is 4.62. The number of rotatable bonds is 6. The summed E-state index contributed by atoms with van der Waals surface area (Å²) in [7, 11) is 0. The highest BCUT2D eigenvalue weighted by molar-refractivity contribution is 7.99. The van der Waals surface area contributed by atoms with Crippen LogP contribution in [-0.2, 0) is 11.3 Å². The molecule has 116 valence electrons. The molecule has 3 rings (SSSR count). The van der Waals surface area contributed by atoms with E-state index in [-0.39, 0.29) is 16.8 Å². The number of aromatic amines is 1. The predicted molar refractivity (Wildman–Crippen MR) is 80.1 cm³/mol. The zero-order valence-electron chi connectivity index (χ0n) is 12.1. The number of hydrogen-bond donors (Lipinski definition) is 3. The van der Waals surface area contributed by atoms with E-state index in [1.54, 1.807) is 16.3 Å². The third-order valence-corrected chi connectivity index (χ3v) is 5.57. The van der Waals surface area contributed by atoms with Crippen LogP contribution in [0.2, 0.25) is 0 Å². The highest BCUT2D eigenvalue weighted by Crippen LogP contribution is 2.41. The van der Waals surface area contributed by atoms with Gasteiger partial charge >= 0.3 is 5.69 Å². The van der Waals surface area contributed by atoms with Crippen molar-refractivity contribution in [1.82, 2.24) is 20.1 Å². The zero-order valence-corrected chi connectivity index (χ0v) is 12.9. The molecule has 2 fully saturated rings. The molecule has 1 aromatic heterocycles. The third kappa shape index (κ3) is 2.87. The number of primary amides is 1. The van der Waals surface area contributed by atoms with E-state index >= 15 is 0 Å². The maximum Gasteiger partial charge on any atom is 0.343 e. The lowest BCUT2D eigenvalue weighted by Crippen LogP contribution is -2.54. The van der Waals surface area contributed by atoms with Crippen molar-refractivity contribution in [2.75, 3.05) is 0 Å². The van der Waals surface area contributed by atoms with E-state index in [4.69, 9.17) is 5.73 Å². The van der Waals surface area contributed by atoms with Crippen molar-refractivity contribution in [3.63, 3.8) is 0 Å². The number of hydrogen-bond acceptors (Lipinski definition) is 5. The average molecular weight is 311 g/mol. The van der Waals surface area contributed by atoms with Gasteiger partial charge in [0.15, 0.2) is 5.16 Å². The summed E-state index contributed by atoms with van der Waals surface area (Å²) < 4.78 is 1.61. The van der Waals surface area contributed by atoms with Gasteiger partial charge in [0, 0.05) is 17.8 Å². The molecule has 0 saturated heterocycles. The number of H-pyrrole nitrogens is 1. The van der Waals surface area contributed by atoms with Crippen LogP contribution in [0.25, 0.3) is 0 Å². The van der Waals surface area contributed by atoms with Gasteiger partial charge in [-0.3, -0.25) is 9.36 Å². The van der Waals surface area contributed by atoms with Crippen molar-refractivity contribution < 1.29 is 4.79 Å². The molecule has 1 amide bonds. The third-order valence-electron chi connectivity index (χ3n) is 4.31. The summed E-state index contributed by atoms with van der Waals surface area (Å²) in [5.41, 5.74) is 4.88. The van der Waals surface area contributed by atoms with Gasteiger partial charge in [0.2, 0.25) is 5.91 Å². The number of nitrogens with one attached hydrogen (secondary N) is 2. The molecule has 21 heavy (non-hydrogen) atoms. The van der Waals surface area contributed by atoms with Crippen molar-refractivity contribution in [3.8, 4) is 0 Å². The molecule has 2 aliphatic rings. The Labute approximate surface area is 127 Å². The molecule has 2 saturated carbocycles. The molecule has 0 radical (unpaired) electrons. The molecule has 1 aromatic rings. The van der Waals surface area contributed by atoms with Crippen molar-refractivity contribution in [2.24, 2.45) is 5.73 Å². The zero-order chi connectivity index (χ0) is 15.0. The van der Waals surface area contributed by atoms with E-state index in [2.05, 4.69) is 15.5 Å². The molecule has 4 N–H and O–H groups in total. The van der Waals surface area contributed by atoms with Crippen LogP contribution in [0, 0.1) is 0 Å². The highest BCUT2D eigenvalue weighted by atomic mass is 32.2. The van der Waals surface area contributed by atoms with E-state index in [0.717, 1.165) is 25.7 Å². The Bertz CT molecular complexity index is 594. The Hall–Kier alpha value is -1.28. The first kappa shape index (κ1) is 14.6. The molecule has 2 unspecified atom stereocenters. The largest absolute Gasteiger partial charge is 0.368 e. The fourth-order valence-corrected chi connectivity index (χ4v) is 4.31. The van der Waals surface area contributed by atoms with E-state index in [1.165, 1.54) is 0 Å². The number of carbonyl (C=O) groups excluding carboxylic acids is 1. The second kappa shape index (κ2) is 5.49. The number of nitrogens with two attached hydrogens (primary N) is 1. The van der Waals surface area contributed by atoms with Gasteiger partial charge in [0.25, 0.3) is 0 Å². The topological polar surface area (TPSA) is 106 Å². The van der Waals surface area contributed by atoms with E-state index in [0.29, 0.717) is 24.2 Å². The molecule has 2 aliphatic carbocycles. The monoisotopic (exact) mass is 311 g/mol. The first-order valence-corrected chi connectivity index (χ1v) is 8.31. The van der Waals surface area contributed by atoms with Gasteiger partial charge in [-0.25, -0.2) is 9.89 Å². The number of nitrogens with zero attached hydrogens (tertiary/aromatic N) is 2. The summed E-state index contributed by atoms with van der Waals surface area (Å²) in [4.78, 5) is 23.5. The fourth-order valence-electron chi connectivity index (χ4n) is 2.97. The van der Waals surface area contributed by atoms with Crippen molar-refractivity contribution >= 4 is 17.7 Å². The maximum atomic E-state index is 11.9. The van der Waals surface area contributed by atoms with Gasteiger partial charge in [-0.2, -0.15) is 0 Å². The van der Waals surface area contributed by atoms with Crippen LogP contribution in [0.1, 0.15) is 39.0 Å². The average Bonchev–Trinajstić information content (AvgIpc) is 3.04. The molecule has 8 heteroatoms. The van der Waals surface area contributed by atoms with E-state index < -0.39 is 5.54 Å². The summed E-state index contributed by atoms with van der Waals surface area (Å²) in [5.74, 6) is -0.257. The molecule has 2 atom stereocenters. The Morgan fingerprint density at radius 1 is 1.57 bits per heavy atom. The Morgan fingerprint density at radius 2 is 2.33 bits per heavy atom. The molecular weight excluding hydrogens is 290 g/mol. The molecule has 0 bridgehead atoms. The SMILES string of the molecule is CCn1c(SC2CCC(NC3CC3)(C(N)=O)C2)n[nH]c1=O. The minimum absolute atomic E-state index is 0.185. The quantitative estimate of drug-likeness (QED) is 0.696. The number of amides is 1. The smallest absolute Gasteiger partial charge is 0.343 e. The van der Waals surface area contributed by atoms with Crippen molar-refractivity contribution in [2.45, 2.75) is 67.6 Å². The standard InChI is InChI=1S/C13H21N5O2S/c1-2-18-11(20)16-17-12(18)21-9-5-6-13(7-9,10(14)19)15-8-3-4-8/h8-9,15H,2-7H2,1H3,(H2,14,19)(H,16,20). The fraction of sp³-hybridized carbons (Fsp3) is 0.769. The summed E-state index contributed by atoms with van der Waals surface area (Å²) >= 11 is 1.56. The summed E-state index contributed by atoms with van der Waals surface area (Å²) in [6, 6.07) is 0.445. The predicted octanol–water partition coefficient (Wildman–Crippen LogP) is 0.212. The second-order valence-electron chi connectivity index (χ2n) is 5.90. The minimum Gasteiger partial charge on any atom is -0.368 e. The van der Waals surface area contributed by atoms with Gasteiger partial charge in [-0.1, -0.05) is 11.8 Å². The molecule has 1 heterocycles. The molecule has 0 aromatic carbocycles. The Morgan fingerprint density at radius 3 is 2.95 bits per heavy atom. The first-order chi connectivity index (χ1) is 10.0. The lowest BCUT2D eigenvalue weighted by Gasteiger charge is -2.27.